The molecule has 0 bridgehead atoms. The molecule has 3 aromatic carbocycles. The first-order valence-corrected chi connectivity index (χ1v) is 9.58. The van der Waals surface area contributed by atoms with Crippen LogP contribution in [-0.2, 0) is 4.79 Å². The van der Waals surface area contributed by atoms with Gasteiger partial charge < -0.3 is 20.1 Å². The molecule has 0 fully saturated rings. The Morgan fingerprint density at radius 3 is 2.30 bits per heavy atom. The van der Waals surface area contributed by atoms with Gasteiger partial charge in [-0.15, -0.1) is 0 Å². The van der Waals surface area contributed by atoms with Gasteiger partial charge in [0, 0.05) is 11.3 Å². The number of carbonyl (C=O) groups excluding carboxylic acids is 2. The van der Waals surface area contributed by atoms with Gasteiger partial charge in [-0.3, -0.25) is 9.59 Å². The third-order valence-corrected chi connectivity index (χ3v) is 4.49. The van der Waals surface area contributed by atoms with Crippen molar-refractivity contribution in [2.45, 2.75) is 13.0 Å². The van der Waals surface area contributed by atoms with E-state index in [0.29, 0.717) is 17.0 Å². The van der Waals surface area contributed by atoms with Crippen LogP contribution in [0.1, 0.15) is 28.9 Å². The van der Waals surface area contributed by atoms with Gasteiger partial charge in [0.25, 0.3) is 11.8 Å². The van der Waals surface area contributed by atoms with Crippen molar-refractivity contribution in [2.75, 3.05) is 19.0 Å². The molecule has 0 saturated heterocycles. The highest BCUT2D eigenvalue weighted by Gasteiger charge is 2.12. The summed E-state index contributed by atoms with van der Waals surface area (Å²) in [5.74, 6) is 0.887. The number of hydrogen-bond donors (Lipinski definition) is 2. The molecule has 0 aliphatic carbocycles. The summed E-state index contributed by atoms with van der Waals surface area (Å²) >= 11 is 0. The van der Waals surface area contributed by atoms with E-state index < -0.39 is 0 Å². The summed E-state index contributed by atoms with van der Waals surface area (Å²) in [5.41, 5.74) is 2.12. The standard InChI is InChI=1S/C24H24N2O4/c1-17(25-23(27)16-30-22-13-11-21(29-2)12-14-22)19-9-6-10-20(15-19)26-24(28)18-7-4-3-5-8-18/h3-15,17H,16H2,1-2H3,(H,25,27)(H,26,28)/t17-/m1/s1. The lowest BCUT2D eigenvalue weighted by Gasteiger charge is -2.16. The average molecular weight is 404 g/mol. The second-order valence-electron chi connectivity index (χ2n) is 6.70. The molecule has 0 saturated carbocycles. The molecule has 6 nitrogen and oxygen atoms in total. The maximum atomic E-state index is 12.3. The Morgan fingerprint density at radius 2 is 1.60 bits per heavy atom. The normalized spacial score (nSPS) is 11.3. The number of amides is 2. The number of methoxy groups -OCH3 is 1. The fraction of sp³-hybridized carbons (Fsp3) is 0.167. The van der Waals surface area contributed by atoms with Crippen LogP contribution in [0.4, 0.5) is 5.69 Å². The predicted octanol–water partition coefficient (Wildman–Crippen LogP) is 4.20. The van der Waals surface area contributed by atoms with Crippen LogP contribution in [0.3, 0.4) is 0 Å². The Kier molecular flexibility index (Phi) is 7.05. The first-order chi connectivity index (χ1) is 14.5. The van der Waals surface area contributed by atoms with E-state index in [1.54, 1.807) is 43.5 Å². The van der Waals surface area contributed by atoms with Crippen LogP contribution in [0.2, 0.25) is 0 Å². The Balaban J connectivity index is 1.54. The number of ether oxygens (including phenoxy) is 2. The van der Waals surface area contributed by atoms with Crippen LogP contribution in [-0.4, -0.2) is 25.5 Å². The minimum Gasteiger partial charge on any atom is -0.497 e. The van der Waals surface area contributed by atoms with Gasteiger partial charge in [-0.1, -0.05) is 30.3 Å². The maximum absolute atomic E-state index is 12.3. The lowest BCUT2D eigenvalue weighted by atomic mass is 10.1. The molecule has 0 unspecified atom stereocenters. The van der Waals surface area contributed by atoms with E-state index in [1.165, 1.54) is 0 Å². The highest BCUT2D eigenvalue weighted by atomic mass is 16.5. The summed E-state index contributed by atoms with van der Waals surface area (Å²) < 4.78 is 10.6. The molecule has 2 N–H and O–H groups in total. The zero-order valence-corrected chi connectivity index (χ0v) is 16.9. The zero-order valence-electron chi connectivity index (χ0n) is 16.9. The largest absolute Gasteiger partial charge is 0.497 e. The third kappa shape index (κ3) is 5.85. The molecule has 0 aliphatic heterocycles. The molecular formula is C24H24N2O4. The van der Waals surface area contributed by atoms with Crippen LogP contribution < -0.4 is 20.1 Å². The SMILES string of the molecule is COc1ccc(OCC(=O)N[C@H](C)c2cccc(NC(=O)c3ccccc3)c2)cc1. The molecule has 0 heterocycles. The summed E-state index contributed by atoms with van der Waals surface area (Å²) in [4.78, 5) is 24.6. The van der Waals surface area contributed by atoms with Gasteiger partial charge in [0.15, 0.2) is 6.61 Å². The minimum absolute atomic E-state index is 0.0961. The minimum atomic E-state index is -0.245. The van der Waals surface area contributed by atoms with Gasteiger partial charge in [0.2, 0.25) is 0 Å². The molecular weight excluding hydrogens is 380 g/mol. The van der Waals surface area contributed by atoms with E-state index in [0.717, 1.165) is 11.3 Å². The molecule has 0 radical (unpaired) electrons. The van der Waals surface area contributed by atoms with E-state index in [-0.39, 0.29) is 24.5 Å². The molecule has 30 heavy (non-hydrogen) atoms. The fourth-order valence-electron chi connectivity index (χ4n) is 2.87. The summed E-state index contributed by atoms with van der Waals surface area (Å²) in [6.45, 7) is 1.78. The van der Waals surface area contributed by atoms with Gasteiger partial charge >= 0.3 is 0 Å². The molecule has 0 aromatic heterocycles. The van der Waals surface area contributed by atoms with Gasteiger partial charge in [0.1, 0.15) is 11.5 Å². The lowest BCUT2D eigenvalue weighted by Crippen LogP contribution is -2.31. The molecule has 0 spiro atoms. The summed E-state index contributed by atoms with van der Waals surface area (Å²) in [5, 5.41) is 5.78. The molecule has 6 heteroatoms. The van der Waals surface area contributed by atoms with Crippen LogP contribution in [0.15, 0.2) is 78.9 Å². The lowest BCUT2D eigenvalue weighted by molar-refractivity contribution is -0.123. The van der Waals surface area contributed by atoms with E-state index in [9.17, 15) is 9.59 Å². The van der Waals surface area contributed by atoms with Crippen molar-refractivity contribution in [2.24, 2.45) is 0 Å². The summed E-state index contributed by atoms with van der Waals surface area (Å²) in [6, 6.07) is 23.2. The van der Waals surface area contributed by atoms with Crippen molar-refractivity contribution < 1.29 is 19.1 Å². The number of nitrogens with one attached hydrogen (secondary N) is 2. The highest BCUT2D eigenvalue weighted by molar-refractivity contribution is 6.04. The topological polar surface area (TPSA) is 76.7 Å². The summed E-state index contributed by atoms with van der Waals surface area (Å²) in [7, 11) is 1.59. The molecule has 0 aliphatic rings. The molecule has 3 aromatic rings. The van der Waals surface area contributed by atoms with E-state index in [4.69, 9.17) is 9.47 Å². The Hall–Kier alpha value is -3.80. The maximum Gasteiger partial charge on any atom is 0.258 e. The van der Waals surface area contributed by atoms with E-state index >= 15 is 0 Å². The number of hydrogen-bond acceptors (Lipinski definition) is 4. The smallest absolute Gasteiger partial charge is 0.258 e. The Morgan fingerprint density at radius 1 is 0.900 bits per heavy atom. The summed E-state index contributed by atoms with van der Waals surface area (Å²) in [6.07, 6.45) is 0. The van der Waals surface area contributed by atoms with Gasteiger partial charge in [0.05, 0.1) is 13.2 Å². The van der Waals surface area contributed by atoms with Crippen LogP contribution in [0.5, 0.6) is 11.5 Å². The van der Waals surface area contributed by atoms with Crippen molar-refractivity contribution in [3.05, 3.63) is 90.0 Å². The van der Waals surface area contributed by atoms with Gasteiger partial charge in [-0.2, -0.15) is 0 Å². The van der Waals surface area contributed by atoms with E-state index in [1.807, 2.05) is 49.4 Å². The quantitative estimate of drug-likeness (QED) is 0.590. The Labute approximate surface area is 175 Å². The molecule has 1 atom stereocenters. The second-order valence-corrected chi connectivity index (χ2v) is 6.70. The second kappa shape index (κ2) is 10.1. The number of benzene rings is 3. The number of anilines is 1. The first kappa shape index (κ1) is 20.9. The molecule has 2 amide bonds. The van der Waals surface area contributed by atoms with Crippen LogP contribution in [0, 0.1) is 0 Å². The van der Waals surface area contributed by atoms with Crippen LogP contribution in [0.25, 0.3) is 0 Å². The number of carbonyl (C=O) groups is 2. The molecule has 154 valence electrons. The third-order valence-electron chi connectivity index (χ3n) is 4.49. The zero-order chi connectivity index (χ0) is 21.3. The van der Waals surface area contributed by atoms with E-state index in [2.05, 4.69) is 10.6 Å². The average Bonchev–Trinajstić information content (AvgIpc) is 2.78. The van der Waals surface area contributed by atoms with Crippen molar-refractivity contribution in [1.29, 1.82) is 0 Å². The fourth-order valence-corrected chi connectivity index (χ4v) is 2.87. The van der Waals surface area contributed by atoms with Crippen LogP contribution >= 0.6 is 0 Å². The Bertz CT molecular complexity index is 988. The monoisotopic (exact) mass is 404 g/mol. The van der Waals surface area contributed by atoms with Gasteiger partial charge in [-0.05, 0) is 61.0 Å². The van der Waals surface area contributed by atoms with Crippen molar-refractivity contribution in [1.82, 2.24) is 5.32 Å². The first-order valence-electron chi connectivity index (χ1n) is 9.58. The van der Waals surface area contributed by atoms with Crippen molar-refractivity contribution >= 4 is 17.5 Å². The molecule has 3 rings (SSSR count). The number of rotatable bonds is 8. The van der Waals surface area contributed by atoms with Crippen molar-refractivity contribution in [3.8, 4) is 11.5 Å². The van der Waals surface area contributed by atoms with Gasteiger partial charge in [-0.25, -0.2) is 0 Å². The predicted molar refractivity (Wildman–Crippen MR) is 116 cm³/mol. The van der Waals surface area contributed by atoms with Crippen molar-refractivity contribution in [3.63, 3.8) is 0 Å². The highest BCUT2D eigenvalue weighted by Crippen LogP contribution is 2.19.